The van der Waals surface area contributed by atoms with Crippen molar-refractivity contribution in [2.45, 2.75) is 53.8 Å². The fraction of sp³-hybridized carbons (Fsp3) is 1.00. The van der Waals surface area contributed by atoms with Crippen molar-refractivity contribution in [3.05, 3.63) is 0 Å². The van der Waals surface area contributed by atoms with Gasteiger partial charge in [0.1, 0.15) is 0 Å². The zero-order chi connectivity index (χ0) is 26.1. The van der Waals surface area contributed by atoms with Crippen molar-refractivity contribution in [3.63, 3.8) is 0 Å². The van der Waals surface area contributed by atoms with Gasteiger partial charge in [0.05, 0.1) is 0 Å². The normalized spacial score (nSPS) is 17.8. The predicted octanol–water partition coefficient (Wildman–Crippen LogP) is 8.09. The van der Waals surface area contributed by atoms with Crippen LogP contribution in [0.15, 0.2) is 0 Å². The van der Waals surface area contributed by atoms with Gasteiger partial charge in [-0.3, -0.25) is 0 Å². The summed E-state index contributed by atoms with van der Waals surface area (Å²) in [5.74, 6) is -42.7. The Bertz CT molecular complexity index is 666. The molecule has 0 N–H and O–H groups in total. The summed E-state index contributed by atoms with van der Waals surface area (Å²) >= 11 is 0. The van der Waals surface area contributed by atoms with Crippen LogP contribution in [0.4, 0.5) is 91.6 Å². The van der Waals surface area contributed by atoms with Gasteiger partial charge in [0.25, 0.3) is 0 Å². The summed E-state index contributed by atoms with van der Waals surface area (Å²) in [4.78, 5) is 0. The summed E-state index contributed by atoms with van der Waals surface area (Å²) in [6.45, 7) is 0. The molecule has 0 aliphatic rings. The fourth-order valence-corrected chi connectivity index (χ4v) is 3.05. The molecular weight excluding hydrogens is 538 g/mol. The third-order valence-electron chi connectivity index (χ3n) is 3.45. The number of hydrogen-bond acceptors (Lipinski definition) is 0. The third-order valence-corrected chi connectivity index (χ3v) is 5.87. The molecule has 0 aromatic heterocycles. The molecule has 0 nitrogen and oxygen atoms in total. The van der Waals surface area contributed by atoms with Gasteiger partial charge in [-0.05, 0) is 0 Å². The molecule has 0 saturated heterocycles. The molecule has 0 radical (unpaired) electrons. The van der Waals surface area contributed by atoms with E-state index in [1.165, 1.54) is 0 Å². The molecule has 0 unspecified atom stereocenters. The molecule has 22 heteroatoms. The molecular formula is C9H2F21P. The average molecular weight is 540 g/mol. The van der Waals surface area contributed by atoms with Crippen LogP contribution < -0.4 is 0 Å². The Balaban J connectivity index is 7.11. The summed E-state index contributed by atoms with van der Waals surface area (Å²) in [5, 5.41) is 0. The van der Waals surface area contributed by atoms with Crippen molar-refractivity contribution in [1.29, 1.82) is 0 Å². The van der Waals surface area contributed by atoms with Crippen molar-refractivity contribution < 1.29 is 91.6 Å². The Morgan fingerprint density at radius 3 is 0.935 bits per heavy atom. The van der Waals surface area contributed by atoms with Crippen molar-refractivity contribution >= 4 is 7.54 Å². The maximum absolute atomic E-state index is 13.1. The topological polar surface area (TPSA) is 0 Å². The number of halogens is 21. The Kier molecular flexibility index (Phi) is 6.74. The molecule has 190 valence electrons. The second-order valence-corrected chi connectivity index (χ2v) is 8.21. The summed E-state index contributed by atoms with van der Waals surface area (Å²) in [6, 6.07) is 0. The summed E-state index contributed by atoms with van der Waals surface area (Å²) < 4.78 is 266. The van der Waals surface area contributed by atoms with E-state index in [0.717, 1.165) is 0 Å². The molecule has 0 heterocycles. The molecule has 0 aliphatic carbocycles. The van der Waals surface area contributed by atoms with E-state index in [-0.39, 0.29) is 0 Å². The van der Waals surface area contributed by atoms with Crippen LogP contribution in [-0.2, 0) is 0 Å². The quantitative estimate of drug-likeness (QED) is 0.205. The van der Waals surface area contributed by atoms with E-state index in [1.54, 1.807) is 0 Å². The van der Waals surface area contributed by atoms with Crippen LogP contribution in [0.1, 0.15) is 0 Å². The molecule has 0 aromatic rings. The molecule has 0 bridgehead atoms. The summed E-state index contributed by atoms with van der Waals surface area (Å²) in [6.07, 6.45) is -12.4. The SMILES string of the molecule is FC(F)C(F)(F)C(F)(F)C(F)(F)C(F)(F)C(F)(F)P(F)(F)(F)C(F)(F)C(F)(F)C(F)F. The first-order chi connectivity index (χ1) is 12.9. The van der Waals surface area contributed by atoms with Crippen molar-refractivity contribution in [2.75, 3.05) is 0 Å². The van der Waals surface area contributed by atoms with Gasteiger partial charge in [-0.25, -0.2) is 0 Å². The standard InChI is InChI=1S/C9H2F21P/c10-1(11)3(14,15)5(18,19)6(20,21)7(22,23)9(26,27)31(28,29,30)8(24,25)4(16,17)2(12)13/h1-2H. The van der Waals surface area contributed by atoms with E-state index in [1.807, 2.05) is 0 Å². The Morgan fingerprint density at radius 1 is 0.387 bits per heavy atom. The molecule has 0 fully saturated rings. The van der Waals surface area contributed by atoms with Gasteiger partial charge < -0.3 is 0 Å². The zero-order valence-corrected chi connectivity index (χ0v) is 13.9. The second-order valence-electron chi connectivity index (χ2n) is 5.46. The van der Waals surface area contributed by atoms with Crippen LogP contribution in [0.2, 0.25) is 0 Å². The molecule has 0 spiro atoms. The number of alkyl halides is 18. The van der Waals surface area contributed by atoms with Gasteiger partial charge in [-0.1, -0.05) is 0 Å². The molecule has 0 rings (SSSR count). The van der Waals surface area contributed by atoms with Crippen LogP contribution in [-0.4, -0.2) is 53.8 Å². The monoisotopic (exact) mass is 540 g/mol. The van der Waals surface area contributed by atoms with Gasteiger partial charge in [0.15, 0.2) is 0 Å². The molecule has 0 atom stereocenters. The molecule has 0 amide bonds. The second kappa shape index (κ2) is 6.98. The molecule has 0 saturated carbocycles. The first-order valence-electron chi connectivity index (χ1n) is 6.30. The first kappa shape index (κ1) is 30.0. The van der Waals surface area contributed by atoms with Crippen LogP contribution in [0.5, 0.6) is 0 Å². The number of hydrogen-bond donors (Lipinski definition) is 0. The van der Waals surface area contributed by atoms with Crippen LogP contribution in [0, 0.1) is 0 Å². The van der Waals surface area contributed by atoms with Crippen LogP contribution in [0.25, 0.3) is 0 Å². The Labute approximate surface area is 154 Å². The van der Waals surface area contributed by atoms with E-state index >= 15 is 0 Å². The molecule has 0 aromatic carbocycles. The van der Waals surface area contributed by atoms with Gasteiger partial charge >= 0.3 is 153 Å². The van der Waals surface area contributed by atoms with E-state index in [0.29, 0.717) is 0 Å². The average Bonchev–Trinajstić information content (AvgIpc) is 2.52. The van der Waals surface area contributed by atoms with Gasteiger partial charge in [-0.2, -0.15) is 0 Å². The molecule has 0 aliphatic heterocycles. The minimum atomic E-state index is -12.7. The zero-order valence-electron chi connectivity index (χ0n) is 13.0. The summed E-state index contributed by atoms with van der Waals surface area (Å²) in [5.41, 5.74) is -18.5. The fourth-order valence-electron chi connectivity index (χ4n) is 1.51. The van der Waals surface area contributed by atoms with Crippen LogP contribution >= 0.6 is 7.54 Å². The first-order valence-corrected chi connectivity index (χ1v) is 8.21. The Morgan fingerprint density at radius 2 is 0.677 bits per heavy atom. The van der Waals surface area contributed by atoms with E-state index < -0.39 is 61.3 Å². The van der Waals surface area contributed by atoms with Gasteiger partial charge in [0.2, 0.25) is 0 Å². The van der Waals surface area contributed by atoms with Crippen LogP contribution in [0.3, 0.4) is 0 Å². The maximum atomic E-state index is 13.1. The van der Waals surface area contributed by atoms with E-state index in [9.17, 15) is 91.6 Å². The molecule has 31 heavy (non-hydrogen) atoms. The van der Waals surface area contributed by atoms with Crippen molar-refractivity contribution in [1.82, 2.24) is 0 Å². The van der Waals surface area contributed by atoms with E-state index in [2.05, 4.69) is 0 Å². The van der Waals surface area contributed by atoms with Gasteiger partial charge in [0, 0.05) is 0 Å². The van der Waals surface area contributed by atoms with Crippen molar-refractivity contribution in [2.24, 2.45) is 0 Å². The van der Waals surface area contributed by atoms with Crippen molar-refractivity contribution in [3.8, 4) is 0 Å². The third kappa shape index (κ3) is 3.29. The minimum absolute atomic E-state index is 6.15. The van der Waals surface area contributed by atoms with E-state index in [4.69, 9.17) is 0 Å². The Hall–Kier alpha value is -1.04. The predicted molar refractivity (Wildman–Crippen MR) is 56.9 cm³/mol. The number of rotatable bonds is 9. The van der Waals surface area contributed by atoms with Gasteiger partial charge in [-0.15, -0.1) is 0 Å². The summed E-state index contributed by atoms with van der Waals surface area (Å²) in [7, 11) is -12.7.